The summed E-state index contributed by atoms with van der Waals surface area (Å²) in [4.78, 5) is 11.2. The van der Waals surface area contributed by atoms with Gasteiger partial charge in [-0.25, -0.2) is 4.79 Å². The van der Waals surface area contributed by atoms with Gasteiger partial charge in [-0.05, 0) is 12.1 Å². The maximum atomic E-state index is 11.2. The van der Waals surface area contributed by atoms with Crippen LogP contribution in [-0.2, 0) is 4.74 Å². The van der Waals surface area contributed by atoms with Crippen LogP contribution >= 0.6 is 0 Å². The number of phenolic OH excluding ortho intramolecular Hbond substituents is 1. The van der Waals surface area contributed by atoms with Crippen molar-refractivity contribution in [2.45, 2.75) is 0 Å². The quantitative estimate of drug-likeness (QED) is 0.448. The third kappa shape index (κ3) is 3.25. The van der Waals surface area contributed by atoms with Crippen LogP contribution in [0.3, 0.4) is 0 Å². The molecule has 74 valence electrons. The van der Waals surface area contributed by atoms with Crippen molar-refractivity contribution in [2.24, 2.45) is 0 Å². The highest BCUT2D eigenvalue weighted by Crippen LogP contribution is 2.16. The van der Waals surface area contributed by atoms with E-state index in [0.29, 0.717) is 0 Å². The average Bonchev–Trinajstić information content (AvgIpc) is 2.15. The van der Waals surface area contributed by atoms with E-state index in [9.17, 15) is 9.90 Å². The van der Waals surface area contributed by atoms with Crippen LogP contribution in [0, 0.1) is 0 Å². The molecule has 0 aliphatic carbocycles. The first-order chi connectivity index (χ1) is 6.25. The highest BCUT2D eigenvalue weighted by Gasteiger charge is 2.09. The van der Waals surface area contributed by atoms with Crippen LogP contribution in [0.5, 0.6) is 5.75 Å². The Morgan fingerprint density at radius 3 is 2.71 bits per heavy atom. The third-order valence-electron chi connectivity index (χ3n) is 1.46. The van der Waals surface area contributed by atoms with E-state index in [2.05, 4.69) is 6.58 Å². The molecule has 0 amide bonds. The molecule has 1 rings (SSSR count). The summed E-state index contributed by atoms with van der Waals surface area (Å²) in [5, 5.41) is 9.25. The lowest BCUT2D eigenvalue weighted by molar-refractivity contribution is 0.0546. The van der Waals surface area contributed by atoms with E-state index >= 15 is 0 Å². The van der Waals surface area contributed by atoms with E-state index in [1.165, 1.54) is 18.2 Å². The molecule has 14 heavy (non-hydrogen) atoms. The Kier molecular flexibility index (Phi) is 5.70. The summed E-state index contributed by atoms with van der Waals surface area (Å²) in [6, 6.07) is 6.23. The van der Waals surface area contributed by atoms with Crippen molar-refractivity contribution < 1.29 is 14.6 Å². The molecule has 0 aromatic heterocycles. The second-order valence-corrected chi connectivity index (χ2v) is 2.40. The lowest BCUT2D eigenvalue weighted by Crippen LogP contribution is -2.04. The third-order valence-corrected chi connectivity index (χ3v) is 1.46. The van der Waals surface area contributed by atoms with Gasteiger partial charge in [0.15, 0.2) is 17.4 Å². The van der Waals surface area contributed by atoms with E-state index < -0.39 is 5.97 Å². The van der Waals surface area contributed by atoms with Gasteiger partial charge in [0.2, 0.25) is 0 Å². The zero-order valence-electron chi connectivity index (χ0n) is 7.06. The highest BCUT2D eigenvalue weighted by molar-refractivity contribution is 5.92. The van der Waals surface area contributed by atoms with Crippen LogP contribution in [0.15, 0.2) is 36.9 Å². The molecule has 0 unspecified atom stereocenters. The van der Waals surface area contributed by atoms with Gasteiger partial charge in [-0.15, -0.1) is 0 Å². The Morgan fingerprint density at radius 1 is 1.50 bits per heavy atom. The standard InChI is InChI=1S/C10H10O3.Al.3H/c1-2-7-13-10(12)8-5-3-4-6-9(8)11;;;;/h2-6,11H,1,7H2;;;;. The number of aromatic hydroxyl groups is 1. The smallest absolute Gasteiger partial charge is 0.342 e. The molecule has 0 bridgehead atoms. The van der Waals surface area contributed by atoms with Gasteiger partial charge in [0, 0.05) is 0 Å². The highest BCUT2D eigenvalue weighted by atomic mass is 27.0. The number of phenols is 1. The van der Waals surface area contributed by atoms with E-state index in [4.69, 9.17) is 4.74 Å². The largest absolute Gasteiger partial charge is 0.507 e. The molecule has 0 saturated heterocycles. The summed E-state index contributed by atoms with van der Waals surface area (Å²) in [6.45, 7) is 3.56. The first-order valence-corrected chi connectivity index (χ1v) is 3.81. The summed E-state index contributed by atoms with van der Waals surface area (Å²) in [6.07, 6.45) is 1.47. The minimum absolute atomic E-state index is 0. The van der Waals surface area contributed by atoms with Crippen molar-refractivity contribution in [3.05, 3.63) is 42.5 Å². The molecule has 0 heterocycles. The van der Waals surface area contributed by atoms with Crippen molar-refractivity contribution in [3.8, 4) is 5.75 Å². The van der Waals surface area contributed by atoms with Gasteiger partial charge in [0.1, 0.15) is 17.9 Å². The normalized spacial score (nSPS) is 8.57. The molecule has 4 heteroatoms. The van der Waals surface area contributed by atoms with Crippen molar-refractivity contribution >= 4 is 23.3 Å². The Hall–Kier alpha value is -1.24. The molecule has 0 saturated carbocycles. The Morgan fingerprint density at radius 2 is 2.14 bits per heavy atom. The molecule has 0 atom stereocenters. The van der Waals surface area contributed by atoms with E-state index in [1.807, 2.05) is 0 Å². The Balaban J connectivity index is 0.00000169. The average molecular weight is 208 g/mol. The van der Waals surface area contributed by atoms with Gasteiger partial charge in [0.25, 0.3) is 0 Å². The topological polar surface area (TPSA) is 46.5 Å². The van der Waals surface area contributed by atoms with Crippen molar-refractivity contribution in [3.63, 3.8) is 0 Å². The van der Waals surface area contributed by atoms with Crippen LogP contribution in [0.1, 0.15) is 10.4 Å². The molecule has 3 nitrogen and oxygen atoms in total. The lowest BCUT2D eigenvalue weighted by atomic mass is 10.2. The molecule has 0 aliphatic rings. The number of hydrogen-bond donors (Lipinski definition) is 1. The number of carbonyl (C=O) groups is 1. The molecule has 0 fully saturated rings. The zero-order valence-corrected chi connectivity index (χ0v) is 7.06. The van der Waals surface area contributed by atoms with Crippen LogP contribution in [0.4, 0.5) is 0 Å². The number of hydrogen-bond acceptors (Lipinski definition) is 3. The second-order valence-electron chi connectivity index (χ2n) is 2.40. The molecule has 1 N–H and O–H groups in total. The number of para-hydroxylation sites is 1. The molecule has 1 aromatic rings. The van der Waals surface area contributed by atoms with Crippen molar-refractivity contribution in [2.75, 3.05) is 6.61 Å². The number of esters is 1. The number of benzene rings is 1. The van der Waals surface area contributed by atoms with Crippen LogP contribution in [-0.4, -0.2) is 35.0 Å². The van der Waals surface area contributed by atoms with Crippen LogP contribution in [0.25, 0.3) is 0 Å². The fourth-order valence-corrected chi connectivity index (χ4v) is 0.859. The fraction of sp³-hybridized carbons (Fsp3) is 0.100. The van der Waals surface area contributed by atoms with E-state index in [-0.39, 0.29) is 35.3 Å². The van der Waals surface area contributed by atoms with Gasteiger partial charge < -0.3 is 9.84 Å². The first kappa shape index (κ1) is 12.8. The van der Waals surface area contributed by atoms with Crippen LogP contribution in [0.2, 0.25) is 0 Å². The number of carbonyl (C=O) groups excluding carboxylic acids is 1. The number of rotatable bonds is 3. The minimum atomic E-state index is -0.544. The molecule has 0 aliphatic heterocycles. The zero-order chi connectivity index (χ0) is 9.68. The maximum Gasteiger partial charge on any atom is 0.342 e. The van der Waals surface area contributed by atoms with Gasteiger partial charge in [-0.2, -0.15) is 0 Å². The maximum absolute atomic E-state index is 11.2. The van der Waals surface area contributed by atoms with Crippen LogP contribution < -0.4 is 0 Å². The van der Waals surface area contributed by atoms with Crippen molar-refractivity contribution in [1.82, 2.24) is 0 Å². The monoisotopic (exact) mass is 208 g/mol. The van der Waals surface area contributed by atoms with Gasteiger partial charge in [-0.3, -0.25) is 0 Å². The summed E-state index contributed by atoms with van der Waals surface area (Å²) >= 11 is 0. The molecule has 0 spiro atoms. The second kappa shape index (κ2) is 6.25. The van der Waals surface area contributed by atoms with Gasteiger partial charge in [-0.1, -0.05) is 24.8 Å². The summed E-state index contributed by atoms with van der Waals surface area (Å²) in [5.41, 5.74) is 0.171. The SMILES string of the molecule is C=CCOC(=O)c1ccccc1O.[AlH3]. The summed E-state index contributed by atoms with van der Waals surface area (Å²) < 4.78 is 4.74. The summed E-state index contributed by atoms with van der Waals surface area (Å²) in [5.74, 6) is -0.616. The Labute approximate surface area is 93.1 Å². The molecule has 0 radical (unpaired) electrons. The Bertz CT molecular complexity index is 323. The number of ether oxygens (including phenoxy) is 1. The first-order valence-electron chi connectivity index (χ1n) is 3.81. The minimum Gasteiger partial charge on any atom is -0.507 e. The fourth-order valence-electron chi connectivity index (χ4n) is 0.859. The molecular formula is C10H13AlO3. The van der Waals surface area contributed by atoms with Gasteiger partial charge in [0.05, 0.1) is 0 Å². The summed E-state index contributed by atoms with van der Waals surface area (Å²) in [7, 11) is 0. The predicted molar refractivity (Wildman–Crippen MR) is 58.5 cm³/mol. The van der Waals surface area contributed by atoms with E-state index in [1.54, 1.807) is 12.1 Å². The molecular weight excluding hydrogens is 195 g/mol. The van der Waals surface area contributed by atoms with Gasteiger partial charge >= 0.3 is 5.97 Å². The van der Waals surface area contributed by atoms with Crippen molar-refractivity contribution in [1.29, 1.82) is 0 Å². The predicted octanol–water partition coefficient (Wildman–Crippen LogP) is 0.551. The lowest BCUT2D eigenvalue weighted by Gasteiger charge is -2.02. The van der Waals surface area contributed by atoms with E-state index in [0.717, 1.165) is 0 Å². The molecule has 1 aromatic carbocycles.